The van der Waals surface area contributed by atoms with Gasteiger partial charge in [-0.05, 0) is 43.4 Å². The third kappa shape index (κ3) is 5.16. The van der Waals surface area contributed by atoms with Gasteiger partial charge in [-0.15, -0.1) is 0 Å². The molecular weight excluding hydrogens is 336 g/mol. The summed E-state index contributed by atoms with van der Waals surface area (Å²) in [6.07, 6.45) is 1.39. The van der Waals surface area contributed by atoms with Crippen molar-refractivity contribution in [2.45, 2.75) is 18.4 Å². The Morgan fingerprint density at radius 3 is 2.65 bits per heavy atom. The van der Waals surface area contributed by atoms with Crippen molar-refractivity contribution in [2.75, 3.05) is 0 Å². The smallest absolute Gasteiger partial charge is 0.240 e. The Morgan fingerprint density at radius 1 is 1.30 bits per heavy atom. The molecule has 0 bridgehead atoms. The molecular formula is C14H16N4O3S2. The molecule has 1 aromatic carbocycles. The van der Waals surface area contributed by atoms with Crippen LogP contribution < -0.4 is 15.9 Å². The van der Waals surface area contributed by atoms with Gasteiger partial charge in [0.15, 0.2) is 5.11 Å². The van der Waals surface area contributed by atoms with Gasteiger partial charge in [0.2, 0.25) is 10.0 Å². The lowest BCUT2D eigenvalue weighted by Gasteiger charge is -2.05. The van der Waals surface area contributed by atoms with E-state index in [4.69, 9.17) is 10.2 Å². The predicted octanol–water partition coefficient (Wildman–Crippen LogP) is 1.23. The molecule has 0 radical (unpaired) electrons. The highest BCUT2D eigenvalue weighted by molar-refractivity contribution is 7.89. The van der Waals surface area contributed by atoms with E-state index in [1.54, 1.807) is 36.4 Å². The lowest BCUT2D eigenvalue weighted by atomic mass is 10.2. The van der Waals surface area contributed by atoms with Gasteiger partial charge in [-0.1, -0.05) is 17.7 Å². The average molecular weight is 352 g/mol. The van der Waals surface area contributed by atoms with Gasteiger partial charge in [0, 0.05) is 0 Å². The van der Waals surface area contributed by atoms with Crippen molar-refractivity contribution in [3.63, 3.8) is 0 Å². The SMILES string of the molecule is Cc1ccc(S(=O)(=O)NCc2ccc(/C=N/NC(N)=S)o2)cc1. The number of sulfonamides is 1. The number of thiocarbonyl (C=S) groups is 1. The molecule has 2 rings (SSSR count). The number of rotatable bonds is 6. The lowest BCUT2D eigenvalue weighted by Crippen LogP contribution is -2.24. The topological polar surface area (TPSA) is 110 Å². The first-order chi connectivity index (χ1) is 10.9. The number of furan rings is 1. The van der Waals surface area contributed by atoms with Crippen molar-refractivity contribution in [2.24, 2.45) is 10.8 Å². The minimum Gasteiger partial charge on any atom is -0.459 e. The van der Waals surface area contributed by atoms with Gasteiger partial charge in [0.1, 0.15) is 11.5 Å². The highest BCUT2D eigenvalue weighted by Gasteiger charge is 2.14. The van der Waals surface area contributed by atoms with Crippen LogP contribution in [0.2, 0.25) is 0 Å². The van der Waals surface area contributed by atoms with Gasteiger partial charge in [0.25, 0.3) is 0 Å². The Morgan fingerprint density at radius 2 is 2.00 bits per heavy atom. The summed E-state index contributed by atoms with van der Waals surface area (Å²) in [6.45, 7) is 1.93. The monoisotopic (exact) mass is 352 g/mol. The molecule has 23 heavy (non-hydrogen) atoms. The van der Waals surface area contributed by atoms with Gasteiger partial charge in [0.05, 0.1) is 17.7 Å². The Bertz CT molecular complexity index is 811. The van der Waals surface area contributed by atoms with Crippen LogP contribution in [-0.2, 0) is 16.6 Å². The summed E-state index contributed by atoms with van der Waals surface area (Å²) in [4.78, 5) is 0.206. The van der Waals surface area contributed by atoms with Crippen LogP contribution in [0.15, 0.2) is 50.8 Å². The van der Waals surface area contributed by atoms with Gasteiger partial charge in [-0.3, -0.25) is 5.43 Å². The summed E-state index contributed by atoms with van der Waals surface area (Å²) in [5, 5.41) is 3.79. The number of nitrogens with zero attached hydrogens (tertiary/aromatic N) is 1. The molecule has 4 N–H and O–H groups in total. The molecule has 1 aromatic heterocycles. The van der Waals surface area contributed by atoms with E-state index < -0.39 is 10.0 Å². The van der Waals surface area contributed by atoms with Gasteiger partial charge in [-0.2, -0.15) is 5.10 Å². The second-order valence-electron chi connectivity index (χ2n) is 4.68. The number of aryl methyl sites for hydroxylation is 1. The lowest BCUT2D eigenvalue weighted by molar-refractivity contribution is 0.493. The van der Waals surface area contributed by atoms with E-state index in [0.717, 1.165) is 5.56 Å². The van der Waals surface area contributed by atoms with Crippen molar-refractivity contribution in [3.05, 3.63) is 53.5 Å². The van der Waals surface area contributed by atoms with E-state index in [1.807, 2.05) is 6.92 Å². The van der Waals surface area contributed by atoms with E-state index in [1.165, 1.54) is 6.21 Å². The first-order valence-electron chi connectivity index (χ1n) is 6.60. The zero-order valence-electron chi connectivity index (χ0n) is 12.3. The normalized spacial score (nSPS) is 11.7. The van der Waals surface area contributed by atoms with Crippen molar-refractivity contribution in [1.82, 2.24) is 10.1 Å². The third-order valence-corrected chi connectivity index (χ3v) is 4.33. The minimum absolute atomic E-state index is 0.0345. The molecule has 0 aliphatic rings. The average Bonchev–Trinajstić information content (AvgIpc) is 2.93. The second kappa shape index (κ2) is 7.36. The molecule has 0 atom stereocenters. The number of nitrogens with two attached hydrogens (primary N) is 1. The summed E-state index contributed by atoms with van der Waals surface area (Å²) in [5.41, 5.74) is 8.60. The molecule has 0 spiro atoms. The van der Waals surface area contributed by atoms with Crippen LogP contribution in [0.5, 0.6) is 0 Å². The molecule has 0 aliphatic carbocycles. The summed E-state index contributed by atoms with van der Waals surface area (Å²) < 4.78 is 32.2. The van der Waals surface area contributed by atoms with Gasteiger partial charge < -0.3 is 10.2 Å². The quantitative estimate of drug-likeness (QED) is 0.410. The fourth-order valence-corrected chi connectivity index (χ4v) is 2.73. The van der Waals surface area contributed by atoms with Crippen LogP contribution in [0.1, 0.15) is 17.1 Å². The maximum atomic E-state index is 12.2. The number of benzene rings is 1. The first kappa shape index (κ1) is 17.1. The molecule has 1 heterocycles. The molecule has 0 aliphatic heterocycles. The standard InChI is InChI=1S/C14H16N4O3S2/c1-10-2-6-13(7-3-10)23(19,20)17-9-12-5-4-11(21-12)8-16-18-14(15)22/h2-8,17H,9H2,1H3,(H3,15,18,22)/b16-8+. The van der Waals surface area contributed by atoms with Gasteiger partial charge in [-0.25, -0.2) is 13.1 Å². The highest BCUT2D eigenvalue weighted by Crippen LogP contribution is 2.12. The van der Waals surface area contributed by atoms with Crippen LogP contribution in [-0.4, -0.2) is 19.7 Å². The summed E-state index contributed by atoms with van der Waals surface area (Å²) in [5.74, 6) is 0.899. The zero-order valence-corrected chi connectivity index (χ0v) is 13.9. The maximum absolute atomic E-state index is 12.2. The zero-order chi connectivity index (χ0) is 16.9. The molecule has 0 saturated heterocycles. The second-order valence-corrected chi connectivity index (χ2v) is 6.88. The molecule has 0 unspecified atom stereocenters. The number of hydrogen-bond donors (Lipinski definition) is 3. The molecule has 9 heteroatoms. The summed E-state index contributed by atoms with van der Waals surface area (Å²) in [7, 11) is -3.58. The Hall–Kier alpha value is -2.23. The van der Waals surface area contributed by atoms with Crippen LogP contribution in [0, 0.1) is 6.92 Å². The first-order valence-corrected chi connectivity index (χ1v) is 8.49. The molecule has 2 aromatic rings. The number of hydrogen-bond acceptors (Lipinski definition) is 5. The van der Waals surface area contributed by atoms with Crippen molar-refractivity contribution in [1.29, 1.82) is 0 Å². The molecule has 0 fully saturated rings. The van der Waals surface area contributed by atoms with Gasteiger partial charge >= 0.3 is 0 Å². The van der Waals surface area contributed by atoms with E-state index >= 15 is 0 Å². The molecule has 122 valence electrons. The fraction of sp³-hybridized carbons (Fsp3) is 0.143. The third-order valence-electron chi connectivity index (χ3n) is 2.82. The number of hydrazone groups is 1. The van der Waals surface area contributed by atoms with E-state index in [9.17, 15) is 8.42 Å². The largest absolute Gasteiger partial charge is 0.459 e. The van der Waals surface area contributed by atoms with E-state index in [-0.39, 0.29) is 16.6 Å². The van der Waals surface area contributed by atoms with Crippen LogP contribution in [0.3, 0.4) is 0 Å². The Balaban J connectivity index is 1.98. The number of nitrogens with one attached hydrogen (secondary N) is 2. The fourth-order valence-electron chi connectivity index (χ4n) is 1.69. The summed E-state index contributed by atoms with van der Waals surface area (Å²) >= 11 is 4.60. The Labute approximate surface area is 139 Å². The van der Waals surface area contributed by atoms with E-state index in [0.29, 0.717) is 11.5 Å². The Kier molecular flexibility index (Phi) is 5.48. The van der Waals surface area contributed by atoms with Crippen molar-refractivity contribution < 1.29 is 12.8 Å². The van der Waals surface area contributed by atoms with Crippen molar-refractivity contribution >= 4 is 33.6 Å². The molecule has 0 saturated carbocycles. The molecule has 7 nitrogen and oxygen atoms in total. The van der Waals surface area contributed by atoms with E-state index in [2.05, 4.69) is 27.5 Å². The minimum atomic E-state index is -3.58. The maximum Gasteiger partial charge on any atom is 0.240 e. The van der Waals surface area contributed by atoms with Crippen molar-refractivity contribution in [3.8, 4) is 0 Å². The van der Waals surface area contributed by atoms with Crippen LogP contribution in [0.4, 0.5) is 0 Å². The van der Waals surface area contributed by atoms with Crippen LogP contribution in [0.25, 0.3) is 0 Å². The van der Waals surface area contributed by atoms with Crippen LogP contribution >= 0.6 is 12.2 Å². The summed E-state index contributed by atoms with van der Waals surface area (Å²) in [6, 6.07) is 9.90. The molecule has 0 amide bonds. The predicted molar refractivity (Wildman–Crippen MR) is 91.4 cm³/mol. The highest BCUT2D eigenvalue weighted by atomic mass is 32.2.